The van der Waals surface area contributed by atoms with Crippen LogP contribution in [0, 0.1) is 0 Å². The molecule has 0 bridgehead atoms. The largest absolute Gasteiger partial charge is 0.493 e. The van der Waals surface area contributed by atoms with Crippen molar-refractivity contribution < 1.29 is 14.3 Å². The van der Waals surface area contributed by atoms with Crippen molar-refractivity contribution in [2.45, 2.75) is 13.0 Å². The molecule has 3 aromatic rings. The predicted octanol–water partition coefficient (Wildman–Crippen LogP) is 1.56. The van der Waals surface area contributed by atoms with E-state index in [0.717, 1.165) is 4.68 Å². The normalized spacial score (nSPS) is 11.8. The Hall–Kier alpha value is -3.42. The number of ether oxygens (including phenoxy) is 2. The number of aromatic nitrogens is 3. The molecule has 0 unspecified atom stereocenters. The summed E-state index contributed by atoms with van der Waals surface area (Å²) in [6, 6.07) is 13.4. The molecule has 0 spiro atoms. The lowest BCUT2D eigenvalue weighted by Crippen LogP contribution is -2.39. The lowest BCUT2D eigenvalue weighted by atomic mass is 10.2. The SMILES string of the molecule is COc1ccccc1OCCNC(=O)[C@@H](C)n1nnc2ccccc2c1=O. The Morgan fingerprint density at radius 2 is 1.85 bits per heavy atom. The summed E-state index contributed by atoms with van der Waals surface area (Å²) in [6.45, 7) is 2.13. The third-order valence-electron chi connectivity index (χ3n) is 4.07. The molecule has 1 atom stereocenters. The molecule has 0 aliphatic rings. The first kappa shape index (κ1) is 18.4. The van der Waals surface area contributed by atoms with Crippen molar-refractivity contribution in [3.05, 3.63) is 58.9 Å². The van der Waals surface area contributed by atoms with Crippen molar-refractivity contribution >= 4 is 16.8 Å². The van der Waals surface area contributed by atoms with E-state index in [0.29, 0.717) is 22.4 Å². The summed E-state index contributed by atoms with van der Waals surface area (Å²) in [7, 11) is 1.56. The van der Waals surface area contributed by atoms with Gasteiger partial charge in [0.25, 0.3) is 5.56 Å². The second-order valence-electron chi connectivity index (χ2n) is 5.82. The number of carbonyl (C=O) groups is 1. The van der Waals surface area contributed by atoms with Crippen LogP contribution in [0.2, 0.25) is 0 Å². The Labute approximate surface area is 155 Å². The average Bonchev–Trinajstić information content (AvgIpc) is 2.71. The Morgan fingerprint density at radius 1 is 1.15 bits per heavy atom. The fourth-order valence-electron chi connectivity index (χ4n) is 2.59. The van der Waals surface area contributed by atoms with E-state index in [1.165, 1.54) is 0 Å². The zero-order chi connectivity index (χ0) is 19.2. The maximum atomic E-state index is 12.5. The van der Waals surface area contributed by atoms with Gasteiger partial charge in [0.2, 0.25) is 5.91 Å². The number of para-hydroxylation sites is 2. The summed E-state index contributed by atoms with van der Waals surface area (Å²) in [5, 5.41) is 11.0. The van der Waals surface area contributed by atoms with E-state index < -0.39 is 6.04 Å². The predicted molar refractivity (Wildman–Crippen MR) is 100 cm³/mol. The van der Waals surface area contributed by atoms with Crippen LogP contribution >= 0.6 is 0 Å². The Kier molecular flexibility index (Phi) is 5.65. The van der Waals surface area contributed by atoms with Gasteiger partial charge in [-0.1, -0.05) is 29.5 Å². The molecule has 1 N–H and O–H groups in total. The molecule has 2 aromatic carbocycles. The Bertz CT molecular complexity index is 1000. The monoisotopic (exact) mass is 368 g/mol. The number of nitrogens with zero attached hydrogens (tertiary/aromatic N) is 3. The number of hydrogen-bond acceptors (Lipinski definition) is 6. The molecule has 1 amide bonds. The quantitative estimate of drug-likeness (QED) is 0.636. The highest BCUT2D eigenvalue weighted by atomic mass is 16.5. The average molecular weight is 368 g/mol. The highest BCUT2D eigenvalue weighted by Gasteiger charge is 2.18. The third kappa shape index (κ3) is 4.05. The van der Waals surface area contributed by atoms with Crippen molar-refractivity contribution in [3.8, 4) is 11.5 Å². The molecular formula is C19H20N4O4. The number of amides is 1. The van der Waals surface area contributed by atoms with Crippen molar-refractivity contribution in [1.29, 1.82) is 0 Å². The molecule has 27 heavy (non-hydrogen) atoms. The minimum atomic E-state index is -0.791. The van der Waals surface area contributed by atoms with Crippen LogP contribution in [0.3, 0.4) is 0 Å². The van der Waals surface area contributed by atoms with E-state index in [4.69, 9.17) is 9.47 Å². The van der Waals surface area contributed by atoms with Crippen LogP contribution in [0.5, 0.6) is 11.5 Å². The molecule has 1 heterocycles. The van der Waals surface area contributed by atoms with E-state index in [2.05, 4.69) is 15.6 Å². The maximum absolute atomic E-state index is 12.5. The molecule has 0 saturated heterocycles. The first-order chi connectivity index (χ1) is 13.1. The van der Waals surface area contributed by atoms with Crippen LogP contribution in [0.25, 0.3) is 10.9 Å². The zero-order valence-corrected chi connectivity index (χ0v) is 15.1. The number of nitrogens with one attached hydrogen (secondary N) is 1. The molecule has 140 valence electrons. The van der Waals surface area contributed by atoms with Gasteiger partial charge in [-0.3, -0.25) is 9.59 Å². The molecule has 8 nitrogen and oxygen atoms in total. The van der Waals surface area contributed by atoms with E-state index in [-0.39, 0.29) is 24.6 Å². The van der Waals surface area contributed by atoms with E-state index in [1.807, 2.05) is 12.1 Å². The van der Waals surface area contributed by atoms with Crippen LogP contribution in [-0.4, -0.2) is 41.2 Å². The summed E-state index contributed by atoms with van der Waals surface area (Å²) in [5.74, 6) is 0.874. The molecule has 0 aliphatic heterocycles. The van der Waals surface area contributed by atoms with Crippen LogP contribution < -0.4 is 20.3 Å². The van der Waals surface area contributed by atoms with Crippen LogP contribution in [0.15, 0.2) is 53.3 Å². The van der Waals surface area contributed by atoms with Gasteiger partial charge in [0.1, 0.15) is 18.2 Å². The molecule has 1 aromatic heterocycles. The van der Waals surface area contributed by atoms with Gasteiger partial charge in [-0.25, -0.2) is 0 Å². The molecule has 0 saturated carbocycles. The topological polar surface area (TPSA) is 95.3 Å². The summed E-state index contributed by atoms with van der Waals surface area (Å²) in [5.41, 5.74) is 0.144. The fraction of sp³-hybridized carbons (Fsp3) is 0.263. The lowest BCUT2D eigenvalue weighted by molar-refractivity contribution is -0.124. The Balaban J connectivity index is 1.60. The summed E-state index contributed by atoms with van der Waals surface area (Å²) < 4.78 is 11.9. The number of benzene rings is 2. The number of hydrogen-bond donors (Lipinski definition) is 1. The lowest BCUT2D eigenvalue weighted by Gasteiger charge is -2.14. The van der Waals surface area contributed by atoms with Crippen LogP contribution in [-0.2, 0) is 4.79 Å². The number of carbonyl (C=O) groups excluding carboxylic acids is 1. The Morgan fingerprint density at radius 3 is 2.63 bits per heavy atom. The fourth-order valence-corrected chi connectivity index (χ4v) is 2.59. The van der Waals surface area contributed by atoms with Gasteiger partial charge in [-0.15, -0.1) is 5.10 Å². The molecule has 3 rings (SSSR count). The minimum Gasteiger partial charge on any atom is -0.493 e. The molecule has 0 radical (unpaired) electrons. The van der Waals surface area contributed by atoms with Crippen molar-refractivity contribution in [2.24, 2.45) is 0 Å². The smallest absolute Gasteiger partial charge is 0.278 e. The van der Waals surface area contributed by atoms with E-state index in [1.54, 1.807) is 50.4 Å². The second-order valence-corrected chi connectivity index (χ2v) is 5.82. The van der Waals surface area contributed by atoms with Crippen LogP contribution in [0.1, 0.15) is 13.0 Å². The molecule has 8 heteroatoms. The first-order valence-electron chi connectivity index (χ1n) is 8.49. The summed E-state index contributed by atoms with van der Waals surface area (Å²) in [4.78, 5) is 24.8. The standard InChI is InChI=1S/C19H20N4O4/c1-13(23-19(25)14-7-3-4-8-15(14)21-22-23)18(24)20-11-12-27-17-10-6-5-9-16(17)26-2/h3-10,13H,11-12H2,1-2H3,(H,20,24)/t13-/m1/s1. The number of fused-ring (bicyclic) bond motifs is 1. The zero-order valence-electron chi connectivity index (χ0n) is 15.1. The van der Waals surface area contributed by atoms with E-state index >= 15 is 0 Å². The number of rotatable bonds is 7. The van der Waals surface area contributed by atoms with Gasteiger partial charge in [0.15, 0.2) is 11.5 Å². The van der Waals surface area contributed by atoms with Gasteiger partial charge in [-0.05, 0) is 31.2 Å². The van der Waals surface area contributed by atoms with Crippen molar-refractivity contribution in [2.75, 3.05) is 20.3 Å². The summed E-state index contributed by atoms with van der Waals surface area (Å²) in [6.07, 6.45) is 0. The summed E-state index contributed by atoms with van der Waals surface area (Å²) >= 11 is 0. The minimum absolute atomic E-state index is 0.261. The van der Waals surface area contributed by atoms with Gasteiger partial charge < -0.3 is 14.8 Å². The highest BCUT2D eigenvalue weighted by molar-refractivity contribution is 5.81. The molecular weight excluding hydrogens is 348 g/mol. The second kappa shape index (κ2) is 8.31. The van der Waals surface area contributed by atoms with Crippen molar-refractivity contribution in [1.82, 2.24) is 20.3 Å². The van der Waals surface area contributed by atoms with Gasteiger partial charge in [0, 0.05) is 0 Å². The molecule has 0 aliphatic carbocycles. The first-order valence-corrected chi connectivity index (χ1v) is 8.49. The van der Waals surface area contributed by atoms with E-state index in [9.17, 15) is 9.59 Å². The third-order valence-corrected chi connectivity index (χ3v) is 4.07. The number of methoxy groups -OCH3 is 1. The highest BCUT2D eigenvalue weighted by Crippen LogP contribution is 2.25. The maximum Gasteiger partial charge on any atom is 0.278 e. The van der Waals surface area contributed by atoms with Gasteiger partial charge in [0.05, 0.1) is 19.0 Å². The van der Waals surface area contributed by atoms with Gasteiger partial charge in [-0.2, -0.15) is 4.68 Å². The van der Waals surface area contributed by atoms with Crippen LogP contribution in [0.4, 0.5) is 0 Å². The molecule has 0 fully saturated rings. The van der Waals surface area contributed by atoms with Crippen molar-refractivity contribution in [3.63, 3.8) is 0 Å². The van der Waals surface area contributed by atoms with Gasteiger partial charge >= 0.3 is 0 Å².